The second-order valence-electron chi connectivity index (χ2n) is 3.31. The van der Waals surface area contributed by atoms with Crippen LogP contribution in [0.1, 0.15) is 6.42 Å². The van der Waals surface area contributed by atoms with Crippen molar-refractivity contribution >= 4 is 27.4 Å². The van der Waals surface area contributed by atoms with Crippen molar-refractivity contribution < 1.29 is 9.72 Å². The number of nitro groups is 1. The van der Waals surface area contributed by atoms with Gasteiger partial charge >= 0.3 is 5.00 Å². The molecule has 1 aromatic rings. The van der Waals surface area contributed by atoms with Crippen molar-refractivity contribution in [3.63, 3.8) is 0 Å². The van der Waals surface area contributed by atoms with E-state index in [1.807, 2.05) is 0 Å². The molecule has 2 heterocycles. The van der Waals surface area contributed by atoms with E-state index < -0.39 is 4.92 Å². The molecular weight excluding hydrogens is 230 g/mol. The number of terminal acetylenes is 1. The van der Waals surface area contributed by atoms with E-state index in [1.54, 1.807) is 0 Å². The first-order valence-corrected chi connectivity index (χ1v) is 5.30. The molecule has 0 radical (unpaired) electrons. The largest absolute Gasteiger partial charge is 0.345 e. The van der Waals surface area contributed by atoms with Crippen LogP contribution in [0.4, 0.5) is 10.1 Å². The van der Waals surface area contributed by atoms with E-state index in [0.717, 1.165) is 17.5 Å². The molecule has 0 bridgehead atoms. The first-order chi connectivity index (χ1) is 7.61. The first-order valence-electron chi connectivity index (χ1n) is 4.48. The first kappa shape index (κ1) is 10.6. The van der Waals surface area contributed by atoms with E-state index in [1.165, 1.54) is 4.90 Å². The van der Waals surface area contributed by atoms with Crippen molar-refractivity contribution in [3.8, 4) is 12.3 Å². The Kier molecular flexibility index (Phi) is 2.58. The normalized spacial score (nSPS) is 19.8. The summed E-state index contributed by atoms with van der Waals surface area (Å²) in [6.45, 7) is 0.389. The fourth-order valence-corrected chi connectivity index (χ4v) is 2.23. The fourth-order valence-electron chi connectivity index (χ4n) is 1.47. The topological polar surface area (TPSA) is 76.3 Å². The van der Waals surface area contributed by atoms with Crippen LogP contribution >= 0.6 is 11.3 Å². The van der Waals surface area contributed by atoms with E-state index in [9.17, 15) is 14.9 Å². The Morgan fingerprint density at radius 1 is 1.75 bits per heavy atom. The van der Waals surface area contributed by atoms with Crippen molar-refractivity contribution in [2.45, 2.75) is 6.42 Å². The van der Waals surface area contributed by atoms with Crippen LogP contribution in [-0.2, 0) is 4.79 Å². The van der Waals surface area contributed by atoms with Crippen molar-refractivity contribution in [3.05, 3.63) is 16.3 Å². The molecule has 0 saturated carbocycles. The van der Waals surface area contributed by atoms with Gasteiger partial charge in [-0.05, 0) is 11.3 Å². The van der Waals surface area contributed by atoms with E-state index in [2.05, 4.69) is 10.9 Å². The molecule has 0 aliphatic carbocycles. The van der Waals surface area contributed by atoms with Crippen molar-refractivity contribution in [2.24, 2.45) is 5.92 Å². The molecule has 1 saturated heterocycles. The van der Waals surface area contributed by atoms with Gasteiger partial charge in [0.05, 0.1) is 4.92 Å². The number of hydrogen-bond acceptors (Lipinski definition) is 5. The molecule has 1 aliphatic rings. The Hall–Kier alpha value is -1.94. The van der Waals surface area contributed by atoms with Gasteiger partial charge in [0.2, 0.25) is 5.91 Å². The van der Waals surface area contributed by atoms with Gasteiger partial charge in [0, 0.05) is 18.9 Å². The van der Waals surface area contributed by atoms with Gasteiger partial charge in [-0.3, -0.25) is 19.8 Å². The lowest BCUT2D eigenvalue weighted by Gasteiger charge is -2.10. The van der Waals surface area contributed by atoms with Crippen molar-refractivity contribution in [1.82, 2.24) is 4.98 Å². The van der Waals surface area contributed by atoms with Gasteiger partial charge in [-0.2, -0.15) is 0 Å². The highest BCUT2D eigenvalue weighted by Gasteiger charge is 2.32. The molecule has 6 nitrogen and oxygen atoms in total. The summed E-state index contributed by atoms with van der Waals surface area (Å²) in [6.07, 6.45) is 6.67. The Labute approximate surface area is 95.0 Å². The number of carbonyl (C=O) groups is 1. The summed E-state index contributed by atoms with van der Waals surface area (Å²) >= 11 is 0.881. The van der Waals surface area contributed by atoms with Crippen LogP contribution in [0.5, 0.6) is 0 Å². The maximum Gasteiger partial charge on any atom is 0.345 e. The third kappa shape index (κ3) is 1.75. The maximum atomic E-state index is 11.6. The molecule has 0 aromatic carbocycles. The lowest BCUT2D eigenvalue weighted by atomic mass is 10.1. The molecular formula is C9H7N3O3S. The third-order valence-electron chi connectivity index (χ3n) is 2.25. The van der Waals surface area contributed by atoms with Crippen LogP contribution in [0.15, 0.2) is 6.20 Å². The van der Waals surface area contributed by atoms with Crippen LogP contribution in [0.2, 0.25) is 0 Å². The lowest BCUT2D eigenvalue weighted by molar-refractivity contribution is -0.380. The molecule has 16 heavy (non-hydrogen) atoms. The van der Waals surface area contributed by atoms with Crippen LogP contribution in [0, 0.1) is 28.4 Å². The molecule has 82 valence electrons. The van der Waals surface area contributed by atoms with Crippen LogP contribution in [0.25, 0.3) is 0 Å². The second-order valence-corrected chi connectivity index (χ2v) is 4.30. The minimum absolute atomic E-state index is 0.0769. The minimum Gasteiger partial charge on any atom is -0.287 e. The summed E-state index contributed by atoms with van der Waals surface area (Å²) < 4.78 is 0. The number of thiazole rings is 1. The fraction of sp³-hybridized carbons (Fsp3) is 0.333. The molecule has 7 heteroatoms. The standard InChI is InChI=1S/C9H7N3O3S/c1-2-6-3-7(13)11(5-6)9-10-4-8(16-9)12(14)15/h1,4,6H,3,5H2. The van der Waals surface area contributed by atoms with E-state index in [0.29, 0.717) is 11.7 Å². The molecule has 1 unspecified atom stereocenters. The summed E-state index contributed by atoms with van der Waals surface area (Å²) in [6, 6.07) is 0. The number of carbonyl (C=O) groups excluding carboxylic acids is 1. The SMILES string of the molecule is C#CC1CC(=O)N(c2ncc([N+](=O)[O-])s2)C1. The Morgan fingerprint density at radius 3 is 3.00 bits per heavy atom. The summed E-state index contributed by atoms with van der Waals surface area (Å²) in [7, 11) is 0. The highest BCUT2D eigenvalue weighted by Crippen LogP contribution is 2.32. The zero-order valence-electron chi connectivity index (χ0n) is 8.12. The molecule has 0 spiro atoms. The lowest BCUT2D eigenvalue weighted by Crippen LogP contribution is -2.23. The van der Waals surface area contributed by atoms with Gasteiger partial charge in [-0.25, -0.2) is 4.98 Å². The van der Waals surface area contributed by atoms with Gasteiger partial charge in [0.1, 0.15) is 6.20 Å². The highest BCUT2D eigenvalue weighted by atomic mass is 32.1. The molecule has 1 aliphatic heterocycles. The number of anilines is 1. The number of nitrogens with zero attached hydrogens (tertiary/aromatic N) is 3. The Bertz CT molecular complexity index is 490. The average Bonchev–Trinajstić information content (AvgIpc) is 2.83. The zero-order valence-corrected chi connectivity index (χ0v) is 8.94. The average molecular weight is 237 g/mol. The Morgan fingerprint density at radius 2 is 2.50 bits per heavy atom. The number of rotatable bonds is 2. The van der Waals surface area contributed by atoms with Crippen LogP contribution in [0.3, 0.4) is 0 Å². The summed E-state index contributed by atoms with van der Waals surface area (Å²) in [4.78, 5) is 26.8. The van der Waals surface area contributed by atoms with Crippen molar-refractivity contribution in [2.75, 3.05) is 11.4 Å². The van der Waals surface area contributed by atoms with Crippen LogP contribution in [-0.4, -0.2) is 22.4 Å². The molecule has 1 atom stereocenters. The van der Waals surface area contributed by atoms with Gasteiger partial charge < -0.3 is 0 Å². The van der Waals surface area contributed by atoms with Gasteiger partial charge in [-0.15, -0.1) is 12.3 Å². The third-order valence-corrected chi connectivity index (χ3v) is 3.22. The molecule has 1 amide bonds. The smallest absolute Gasteiger partial charge is 0.287 e. The molecule has 0 N–H and O–H groups in total. The van der Waals surface area contributed by atoms with Crippen LogP contribution < -0.4 is 4.90 Å². The van der Waals surface area contributed by atoms with E-state index in [4.69, 9.17) is 6.42 Å². The Balaban J connectivity index is 2.22. The summed E-state index contributed by atoms with van der Waals surface area (Å²) in [5.74, 6) is 2.24. The minimum atomic E-state index is -0.527. The predicted molar refractivity (Wildman–Crippen MR) is 58.1 cm³/mol. The quantitative estimate of drug-likeness (QED) is 0.437. The molecule has 1 aromatic heterocycles. The second kappa shape index (κ2) is 3.90. The monoisotopic (exact) mass is 237 g/mol. The van der Waals surface area contributed by atoms with Gasteiger partial charge in [0.15, 0.2) is 5.13 Å². The maximum absolute atomic E-state index is 11.6. The van der Waals surface area contributed by atoms with Crippen molar-refractivity contribution in [1.29, 1.82) is 0 Å². The summed E-state index contributed by atoms with van der Waals surface area (Å²) in [5, 5.41) is 10.7. The highest BCUT2D eigenvalue weighted by molar-refractivity contribution is 7.18. The number of hydrogen-bond donors (Lipinski definition) is 0. The zero-order chi connectivity index (χ0) is 11.7. The number of amides is 1. The molecule has 1 fully saturated rings. The molecule has 2 rings (SSSR count). The number of aromatic nitrogens is 1. The predicted octanol–water partition coefficient (Wildman–Crippen LogP) is 1.04. The van der Waals surface area contributed by atoms with E-state index >= 15 is 0 Å². The van der Waals surface area contributed by atoms with Gasteiger partial charge in [0.25, 0.3) is 0 Å². The van der Waals surface area contributed by atoms with Gasteiger partial charge in [-0.1, -0.05) is 0 Å². The van der Waals surface area contributed by atoms with E-state index in [-0.39, 0.29) is 23.2 Å². The summed E-state index contributed by atoms with van der Waals surface area (Å²) in [5.41, 5.74) is 0.